The summed E-state index contributed by atoms with van der Waals surface area (Å²) in [5.41, 5.74) is 2.00. The van der Waals surface area contributed by atoms with Gasteiger partial charge in [-0.2, -0.15) is 0 Å². The van der Waals surface area contributed by atoms with Crippen LogP contribution in [0.15, 0.2) is 63.8 Å². The smallest absolute Gasteiger partial charge is 0.283 e. The van der Waals surface area contributed by atoms with Crippen LogP contribution in [0.4, 0.5) is 10.7 Å². The molecular formula is C20H17N3O3S2. The van der Waals surface area contributed by atoms with Crippen molar-refractivity contribution in [3.8, 4) is 10.6 Å². The summed E-state index contributed by atoms with van der Waals surface area (Å²) in [5, 5.41) is 22.4. The van der Waals surface area contributed by atoms with Gasteiger partial charge in [-0.05, 0) is 32.0 Å². The fraction of sp³-hybridized carbons (Fsp3) is 0.100. The molecule has 8 heteroatoms. The Hall–Kier alpha value is -2.97. The number of aliphatic hydroxyl groups excluding tert-OH is 1. The highest BCUT2D eigenvalue weighted by atomic mass is 32.2. The zero-order valence-corrected chi connectivity index (χ0v) is 16.9. The molecule has 2 aromatic carbocycles. The number of nitro benzene ring substituents is 1. The minimum Gasteiger partial charge on any atom is -0.506 e. The van der Waals surface area contributed by atoms with Crippen LogP contribution in [0.1, 0.15) is 18.2 Å². The minimum absolute atomic E-state index is 0.00296. The summed E-state index contributed by atoms with van der Waals surface area (Å²) in [5.74, 6) is -0.191. The lowest BCUT2D eigenvalue weighted by Gasteiger charge is -2.05. The number of nitro groups is 1. The summed E-state index contributed by atoms with van der Waals surface area (Å²) in [7, 11) is 0. The van der Waals surface area contributed by atoms with Crippen LogP contribution in [-0.2, 0) is 0 Å². The molecule has 0 unspecified atom stereocenters. The topological polar surface area (TPSA) is 88.6 Å². The Bertz CT molecular complexity index is 1070. The van der Waals surface area contributed by atoms with Crippen molar-refractivity contribution in [3.63, 3.8) is 0 Å². The molecule has 0 bridgehead atoms. The van der Waals surface area contributed by atoms with Gasteiger partial charge in [0.25, 0.3) is 5.69 Å². The van der Waals surface area contributed by atoms with E-state index in [2.05, 4.69) is 16.6 Å². The lowest BCUT2D eigenvalue weighted by molar-refractivity contribution is -0.387. The highest BCUT2D eigenvalue weighted by Gasteiger charge is 2.20. The molecule has 0 amide bonds. The van der Waals surface area contributed by atoms with Crippen LogP contribution in [0.5, 0.6) is 0 Å². The SMILES string of the molecule is C=C(O)c1nc(-c2ccc(Sc3ccc(C)cc3)c([N+](=O)[O-])c2)sc1N=CC. The summed E-state index contributed by atoms with van der Waals surface area (Å²) in [6.07, 6.45) is 1.59. The molecule has 3 aromatic rings. The van der Waals surface area contributed by atoms with Crippen molar-refractivity contribution in [1.82, 2.24) is 4.98 Å². The molecule has 142 valence electrons. The van der Waals surface area contributed by atoms with E-state index in [-0.39, 0.29) is 17.1 Å². The van der Waals surface area contributed by atoms with E-state index in [1.807, 2.05) is 31.2 Å². The number of thiazole rings is 1. The first-order valence-corrected chi connectivity index (χ1v) is 9.93. The number of rotatable bonds is 6. The first kappa shape index (κ1) is 19.8. The lowest BCUT2D eigenvalue weighted by atomic mass is 10.2. The Morgan fingerprint density at radius 1 is 1.32 bits per heavy atom. The van der Waals surface area contributed by atoms with E-state index in [1.54, 1.807) is 25.3 Å². The molecule has 28 heavy (non-hydrogen) atoms. The van der Waals surface area contributed by atoms with Gasteiger partial charge < -0.3 is 5.11 Å². The number of nitrogens with zero attached hydrogens (tertiary/aromatic N) is 3. The van der Waals surface area contributed by atoms with Gasteiger partial charge in [-0.25, -0.2) is 9.98 Å². The molecule has 0 radical (unpaired) electrons. The van der Waals surface area contributed by atoms with Gasteiger partial charge in [-0.1, -0.05) is 53.4 Å². The normalized spacial score (nSPS) is 11.1. The van der Waals surface area contributed by atoms with Crippen molar-refractivity contribution >= 4 is 45.8 Å². The maximum atomic E-state index is 11.6. The summed E-state index contributed by atoms with van der Waals surface area (Å²) in [4.78, 5) is 21.2. The Morgan fingerprint density at radius 3 is 2.64 bits per heavy atom. The van der Waals surface area contributed by atoms with Crippen LogP contribution in [0, 0.1) is 17.0 Å². The number of benzene rings is 2. The molecular weight excluding hydrogens is 394 g/mol. The van der Waals surface area contributed by atoms with Crippen molar-refractivity contribution in [3.05, 3.63) is 70.4 Å². The molecule has 0 saturated carbocycles. The predicted molar refractivity (Wildman–Crippen MR) is 115 cm³/mol. The molecule has 6 nitrogen and oxygen atoms in total. The predicted octanol–water partition coefficient (Wildman–Crippen LogP) is 6.43. The van der Waals surface area contributed by atoms with Gasteiger partial charge in [0.1, 0.15) is 21.5 Å². The molecule has 0 spiro atoms. The summed E-state index contributed by atoms with van der Waals surface area (Å²) in [6.45, 7) is 7.25. The van der Waals surface area contributed by atoms with Crippen molar-refractivity contribution in [1.29, 1.82) is 0 Å². The van der Waals surface area contributed by atoms with E-state index >= 15 is 0 Å². The number of hydrogen-bond acceptors (Lipinski definition) is 7. The van der Waals surface area contributed by atoms with Crippen LogP contribution < -0.4 is 0 Å². The fourth-order valence-electron chi connectivity index (χ4n) is 2.44. The van der Waals surface area contributed by atoms with Gasteiger partial charge in [0.15, 0.2) is 0 Å². The highest BCUT2D eigenvalue weighted by Crippen LogP contribution is 2.41. The van der Waals surface area contributed by atoms with Crippen molar-refractivity contribution in [2.24, 2.45) is 4.99 Å². The van der Waals surface area contributed by atoms with Crippen LogP contribution in [0.25, 0.3) is 16.3 Å². The minimum atomic E-state index is -0.398. The maximum absolute atomic E-state index is 11.6. The highest BCUT2D eigenvalue weighted by molar-refractivity contribution is 7.99. The van der Waals surface area contributed by atoms with E-state index in [0.29, 0.717) is 20.5 Å². The van der Waals surface area contributed by atoms with Crippen molar-refractivity contribution in [2.45, 2.75) is 23.6 Å². The van der Waals surface area contributed by atoms with Crippen LogP contribution >= 0.6 is 23.1 Å². The second-order valence-corrected chi connectivity index (χ2v) is 7.95. The Morgan fingerprint density at radius 2 is 2.04 bits per heavy atom. The zero-order chi connectivity index (χ0) is 20.3. The van der Waals surface area contributed by atoms with Crippen LogP contribution in [0.2, 0.25) is 0 Å². The molecule has 1 N–H and O–H groups in total. The van der Waals surface area contributed by atoms with Crippen LogP contribution in [-0.4, -0.2) is 21.2 Å². The Balaban J connectivity index is 2.01. The quantitative estimate of drug-likeness (QED) is 0.218. The van der Waals surface area contributed by atoms with Gasteiger partial charge >= 0.3 is 0 Å². The first-order valence-electron chi connectivity index (χ1n) is 8.30. The van der Waals surface area contributed by atoms with E-state index in [0.717, 1.165) is 10.5 Å². The summed E-state index contributed by atoms with van der Waals surface area (Å²) < 4.78 is 0. The molecule has 3 rings (SSSR count). The number of aromatic nitrogens is 1. The fourth-order valence-corrected chi connectivity index (χ4v) is 4.32. The second-order valence-electron chi connectivity index (χ2n) is 5.86. The van der Waals surface area contributed by atoms with E-state index in [9.17, 15) is 15.2 Å². The standard InChI is InChI=1S/C20H17N3O3S2/c1-4-21-20-18(13(3)24)22-19(28-20)14-7-10-17(16(11-14)23(25)26)27-15-8-5-12(2)6-9-15/h4-11,24H,3H2,1-2H3. The molecule has 0 aliphatic rings. The third-order valence-corrected chi connectivity index (χ3v) is 5.87. The molecule has 0 aliphatic heterocycles. The average molecular weight is 412 g/mol. The van der Waals surface area contributed by atoms with Gasteiger partial charge in [-0.3, -0.25) is 10.1 Å². The molecule has 0 fully saturated rings. The monoisotopic (exact) mass is 411 g/mol. The molecule has 1 heterocycles. The number of aliphatic imine (C=N–C) groups is 1. The van der Waals surface area contributed by atoms with Gasteiger partial charge in [0.05, 0.1) is 9.82 Å². The first-order chi connectivity index (χ1) is 13.4. The van der Waals surface area contributed by atoms with E-state index < -0.39 is 4.92 Å². The van der Waals surface area contributed by atoms with Crippen LogP contribution in [0.3, 0.4) is 0 Å². The van der Waals surface area contributed by atoms with Gasteiger partial charge in [0, 0.05) is 22.7 Å². The number of aliphatic hydroxyl groups is 1. The summed E-state index contributed by atoms with van der Waals surface area (Å²) >= 11 is 2.58. The van der Waals surface area contributed by atoms with Crippen molar-refractivity contribution < 1.29 is 10.0 Å². The lowest BCUT2D eigenvalue weighted by Crippen LogP contribution is -1.92. The van der Waals surface area contributed by atoms with E-state index in [4.69, 9.17) is 0 Å². The summed E-state index contributed by atoms with van der Waals surface area (Å²) in [6, 6.07) is 12.8. The van der Waals surface area contributed by atoms with Crippen molar-refractivity contribution in [2.75, 3.05) is 0 Å². The molecule has 1 aromatic heterocycles. The van der Waals surface area contributed by atoms with Gasteiger partial charge in [0.2, 0.25) is 0 Å². The maximum Gasteiger partial charge on any atom is 0.283 e. The largest absolute Gasteiger partial charge is 0.506 e. The average Bonchev–Trinajstić information content (AvgIpc) is 3.08. The molecule has 0 aliphatic carbocycles. The number of hydrogen-bond donors (Lipinski definition) is 1. The number of aryl methyl sites for hydroxylation is 1. The molecule has 0 atom stereocenters. The van der Waals surface area contributed by atoms with Gasteiger partial charge in [-0.15, -0.1) is 0 Å². The molecule has 0 saturated heterocycles. The Kier molecular flexibility index (Phi) is 5.91. The zero-order valence-electron chi connectivity index (χ0n) is 15.2. The second kappa shape index (κ2) is 8.37. The third-order valence-electron chi connectivity index (χ3n) is 3.78. The Labute approximate surface area is 170 Å². The van der Waals surface area contributed by atoms with E-state index in [1.165, 1.54) is 29.2 Å². The third kappa shape index (κ3) is 4.29.